The first-order chi connectivity index (χ1) is 10.2. The number of hydrogen-bond donors (Lipinski definition) is 2. The molecule has 21 heavy (non-hydrogen) atoms. The largest absolute Gasteiger partial charge is 0.497 e. The summed E-state index contributed by atoms with van der Waals surface area (Å²) < 4.78 is 5.29. The highest BCUT2D eigenvalue weighted by atomic mass is 16.5. The van der Waals surface area contributed by atoms with E-state index in [4.69, 9.17) is 10.5 Å². The maximum atomic E-state index is 11.9. The number of piperidine rings is 1. The van der Waals surface area contributed by atoms with Gasteiger partial charge in [0.1, 0.15) is 5.75 Å². The number of benzene rings is 1. The zero-order chi connectivity index (χ0) is 15.2. The summed E-state index contributed by atoms with van der Waals surface area (Å²) in [7, 11) is 3.36. The van der Waals surface area contributed by atoms with E-state index >= 15 is 0 Å². The van der Waals surface area contributed by atoms with E-state index in [-0.39, 0.29) is 17.9 Å². The van der Waals surface area contributed by atoms with Crippen molar-refractivity contribution in [1.82, 2.24) is 10.2 Å². The van der Waals surface area contributed by atoms with E-state index in [0.29, 0.717) is 6.54 Å². The molecular weight excluding hydrogens is 266 g/mol. The molecule has 1 aliphatic rings. The smallest absolute Gasteiger partial charge is 0.224 e. The van der Waals surface area contributed by atoms with Crippen LogP contribution in [-0.2, 0) is 4.79 Å². The average molecular weight is 291 g/mol. The van der Waals surface area contributed by atoms with Crippen LogP contribution in [0.1, 0.15) is 24.4 Å². The Hall–Kier alpha value is -1.59. The minimum absolute atomic E-state index is 0.0587. The molecule has 116 valence electrons. The molecule has 1 aliphatic heterocycles. The summed E-state index contributed by atoms with van der Waals surface area (Å²) in [6.45, 7) is 2.28. The molecule has 1 amide bonds. The molecule has 5 nitrogen and oxygen atoms in total. The molecule has 2 rings (SSSR count). The Bertz CT molecular complexity index is 478. The summed E-state index contributed by atoms with van der Waals surface area (Å²) in [5, 5.41) is 2.75. The van der Waals surface area contributed by atoms with Crippen LogP contribution in [0.25, 0.3) is 0 Å². The number of rotatable bonds is 5. The van der Waals surface area contributed by atoms with Gasteiger partial charge in [0.25, 0.3) is 0 Å². The van der Waals surface area contributed by atoms with Gasteiger partial charge in [0.05, 0.1) is 13.0 Å². The molecule has 2 unspecified atom stereocenters. The summed E-state index contributed by atoms with van der Waals surface area (Å²) in [5.74, 6) is 1.02. The maximum Gasteiger partial charge on any atom is 0.224 e. The number of hydrogen-bond acceptors (Lipinski definition) is 4. The fraction of sp³-hybridized carbons (Fsp3) is 0.562. The van der Waals surface area contributed by atoms with E-state index in [1.807, 2.05) is 18.2 Å². The topological polar surface area (TPSA) is 67.6 Å². The van der Waals surface area contributed by atoms with Crippen LogP contribution in [0.2, 0.25) is 0 Å². The highest BCUT2D eigenvalue weighted by Gasteiger charge is 2.29. The first-order valence-corrected chi connectivity index (χ1v) is 7.49. The van der Waals surface area contributed by atoms with Crippen LogP contribution in [0.5, 0.6) is 5.75 Å². The van der Waals surface area contributed by atoms with Crippen molar-refractivity contribution in [3.8, 4) is 5.75 Å². The van der Waals surface area contributed by atoms with Gasteiger partial charge in [0, 0.05) is 26.2 Å². The Morgan fingerprint density at radius 2 is 2.38 bits per heavy atom. The van der Waals surface area contributed by atoms with Crippen molar-refractivity contribution < 1.29 is 9.53 Å². The summed E-state index contributed by atoms with van der Waals surface area (Å²) >= 11 is 0. The molecule has 2 atom stereocenters. The van der Waals surface area contributed by atoms with Crippen molar-refractivity contribution in [1.29, 1.82) is 0 Å². The highest BCUT2D eigenvalue weighted by Crippen LogP contribution is 2.28. The van der Waals surface area contributed by atoms with Gasteiger partial charge in [-0.3, -0.25) is 9.69 Å². The van der Waals surface area contributed by atoms with Crippen LogP contribution in [0.4, 0.5) is 0 Å². The molecule has 0 aliphatic carbocycles. The number of likely N-dealkylation sites (tertiary alicyclic amines) is 1. The van der Waals surface area contributed by atoms with E-state index in [9.17, 15) is 4.79 Å². The van der Waals surface area contributed by atoms with Crippen molar-refractivity contribution in [2.45, 2.75) is 18.9 Å². The molecule has 1 saturated heterocycles. The molecule has 0 aromatic heterocycles. The monoisotopic (exact) mass is 291 g/mol. The average Bonchev–Trinajstić information content (AvgIpc) is 2.55. The van der Waals surface area contributed by atoms with Crippen LogP contribution < -0.4 is 15.8 Å². The number of ether oxygens (including phenoxy) is 1. The first-order valence-electron chi connectivity index (χ1n) is 7.49. The standard InChI is InChI=1S/C16H25N3O2/c1-18-16(20)13-6-4-8-19(11-13)15(10-17)12-5-3-7-14(9-12)21-2/h3,5,7,9,13,15H,4,6,8,10-11,17H2,1-2H3,(H,18,20). The summed E-state index contributed by atoms with van der Waals surface area (Å²) in [6, 6.07) is 8.15. The number of nitrogens with two attached hydrogens (primary N) is 1. The van der Waals surface area contributed by atoms with Gasteiger partial charge in [-0.15, -0.1) is 0 Å². The van der Waals surface area contributed by atoms with Gasteiger partial charge < -0.3 is 15.8 Å². The van der Waals surface area contributed by atoms with E-state index in [1.165, 1.54) is 0 Å². The van der Waals surface area contributed by atoms with Gasteiger partial charge in [-0.2, -0.15) is 0 Å². The molecular formula is C16H25N3O2. The fourth-order valence-corrected chi connectivity index (χ4v) is 3.05. The second-order valence-corrected chi connectivity index (χ2v) is 5.48. The molecule has 5 heteroatoms. The minimum atomic E-state index is 0.0587. The molecule has 1 aromatic carbocycles. The van der Waals surface area contributed by atoms with E-state index in [2.05, 4.69) is 16.3 Å². The number of carbonyl (C=O) groups is 1. The molecule has 0 bridgehead atoms. The molecule has 3 N–H and O–H groups in total. The lowest BCUT2D eigenvalue weighted by atomic mass is 9.94. The third kappa shape index (κ3) is 3.74. The van der Waals surface area contributed by atoms with Crippen molar-refractivity contribution >= 4 is 5.91 Å². The highest BCUT2D eigenvalue weighted by molar-refractivity contribution is 5.78. The lowest BCUT2D eigenvalue weighted by Crippen LogP contribution is -2.45. The number of carbonyl (C=O) groups excluding carboxylic acids is 1. The Kier molecular flexibility index (Phi) is 5.59. The molecule has 0 saturated carbocycles. The maximum absolute atomic E-state index is 11.9. The lowest BCUT2D eigenvalue weighted by molar-refractivity contribution is -0.126. The van der Waals surface area contributed by atoms with Crippen LogP contribution in [-0.4, -0.2) is 44.6 Å². The molecule has 1 aromatic rings. The number of methoxy groups -OCH3 is 1. The zero-order valence-corrected chi connectivity index (χ0v) is 12.8. The quantitative estimate of drug-likeness (QED) is 0.854. The number of amides is 1. The summed E-state index contributed by atoms with van der Waals surface area (Å²) in [4.78, 5) is 14.2. The molecule has 0 radical (unpaired) electrons. The third-order valence-electron chi connectivity index (χ3n) is 4.21. The Labute approximate surface area is 126 Å². The third-order valence-corrected chi connectivity index (χ3v) is 4.21. The Morgan fingerprint density at radius 1 is 1.57 bits per heavy atom. The molecule has 0 spiro atoms. The minimum Gasteiger partial charge on any atom is -0.497 e. The van der Waals surface area contributed by atoms with Gasteiger partial charge in [-0.05, 0) is 37.1 Å². The van der Waals surface area contributed by atoms with Crippen molar-refractivity contribution in [3.05, 3.63) is 29.8 Å². The van der Waals surface area contributed by atoms with E-state index in [1.54, 1.807) is 14.2 Å². The van der Waals surface area contributed by atoms with Crippen LogP contribution in [0.3, 0.4) is 0 Å². The normalized spacial score (nSPS) is 20.8. The fourth-order valence-electron chi connectivity index (χ4n) is 3.05. The van der Waals surface area contributed by atoms with Crippen LogP contribution >= 0.6 is 0 Å². The second-order valence-electron chi connectivity index (χ2n) is 5.48. The second kappa shape index (κ2) is 7.43. The van der Waals surface area contributed by atoms with Crippen LogP contribution in [0.15, 0.2) is 24.3 Å². The Morgan fingerprint density at radius 3 is 3.05 bits per heavy atom. The SMILES string of the molecule is CNC(=O)C1CCCN(C(CN)c2cccc(OC)c2)C1. The lowest BCUT2D eigenvalue weighted by Gasteiger charge is -2.37. The molecule has 1 heterocycles. The predicted octanol–water partition coefficient (Wildman–Crippen LogP) is 1.15. The first kappa shape index (κ1) is 15.8. The predicted molar refractivity (Wildman–Crippen MR) is 83.2 cm³/mol. The molecule has 1 fully saturated rings. The summed E-state index contributed by atoms with van der Waals surface area (Å²) in [5.41, 5.74) is 7.15. The van der Waals surface area contributed by atoms with Crippen LogP contribution in [0, 0.1) is 5.92 Å². The van der Waals surface area contributed by atoms with Gasteiger partial charge in [0.15, 0.2) is 0 Å². The van der Waals surface area contributed by atoms with E-state index < -0.39 is 0 Å². The zero-order valence-electron chi connectivity index (χ0n) is 12.8. The number of nitrogens with zero attached hydrogens (tertiary/aromatic N) is 1. The van der Waals surface area contributed by atoms with Gasteiger partial charge in [-0.1, -0.05) is 12.1 Å². The van der Waals surface area contributed by atoms with Crippen molar-refractivity contribution in [2.24, 2.45) is 11.7 Å². The van der Waals surface area contributed by atoms with E-state index in [0.717, 1.165) is 37.2 Å². The van der Waals surface area contributed by atoms with Crippen molar-refractivity contribution in [3.63, 3.8) is 0 Å². The van der Waals surface area contributed by atoms with Gasteiger partial charge in [-0.25, -0.2) is 0 Å². The number of nitrogens with one attached hydrogen (secondary N) is 1. The summed E-state index contributed by atoms with van der Waals surface area (Å²) in [6.07, 6.45) is 1.98. The van der Waals surface area contributed by atoms with Gasteiger partial charge >= 0.3 is 0 Å². The Balaban J connectivity index is 2.14. The van der Waals surface area contributed by atoms with Crippen molar-refractivity contribution in [2.75, 3.05) is 33.8 Å². The van der Waals surface area contributed by atoms with Gasteiger partial charge in [0.2, 0.25) is 5.91 Å².